The average Bonchev–Trinajstić information content (AvgIpc) is 2.96. The van der Waals surface area contributed by atoms with Gasteiger partial charge in [-0.1, -0.05) is 18.2 Å². The molecule has 3 rings (SSSR count). The zero-order valence-corrected chi connectivity index (χ0v) is 12.3. The predicted octanol–water partition coefficient (Wildman–Crippen LogP) is 4.26. The van der Waals surface area contributed by atoms with Gasteiger partial charge in [0.15, 0.2) is 0 Å². The summed E-state index contributed by atoms with van der Waals surface area (Å²) in [5, 5.41) is 4.45. The summed E-state index contributed by atoms with van der Waals surface area (Å²) in [7, 11) is 1.94. The molecule has 2 heterocycles. The Bertz CT molecular complexity index is 752. The lowest BCUT2D eigenvalue weighted by Gasteiger charge is -2.12. The molecule has 1 unspecified atom stereocenters. The Morgan fingerprint density at radius 3 is 2.45 bits per heavy atom. The molecule has 1 aromatic carbocycles. The summed E-state index contributed by atoms with van der Waals surface area (Å²) < 4.78 is 11.7. The summed E-state index contributed by atoms with van der Waals surface area (Å²) in [6.45, 7) is 6.02. The zero-order valence-electron chi connectivity index (χ0n) is 12.3. The third-order valence-corrected chi connectivity index (χ3v) is 3.72. The van der Waals surface area contributed by atoms with Gasteiger partial charge in [-0.05, 0) is 45.5 Å². The van der Waals surface area contributed by atoms with E-state index in [1.807, 2.05) is 20.9 Å². The molecule has 2 aromatic heterocycles. The Balaban J connectivity index is 2.12. The number of nitrogens with one attached hydrogen (secondary N) is 1. The van der Waals surface area contributed by atoms with E-state index in [0.29, 0.717) is 0 Å². The van der Waals surface area contributed by atoms with Crippen molar-refractivity contribution in [1.29, 1.82) is 0 Å². The van der Waals surface area contributed by atoms with Gasteiger partial charge in [-0.3, -0.25) is 0 Å². The van der Waals surface area contributed by atoms with Gasteiger partial charge >= 0.3 is 0 Å². The van der Waals surface area contributed by atoms with Crippen molar-refractivity contribution in [2.45, 2.75) is 26.8 Å². The summed E-state index contributed by atoms with van der Waals surface area (Å²) in [4.78, 5) is 0. The highest BCUT2D eigenvalue weighted by atomic mass is 16.3. The average molecular weight is 269 g/mol. The molecule has 0 radical (unpaired) electrons. The molecule has 0 saturated heterocycles. The van der Waals surface area contributed by atoms with E-state index >= 15 is 0 Å². The van der Waals surface area contributed by atoms with Gasteiger partial charge in [0, 0.05) is 10.9 Å². The molecule has 0 fully saturated rings. The molecule has 1 atom stereocenters. The highest BCUT2D eigenvalue weighted by molar-refractivity contribution is 5.81. The molecule has 0 bridgehead atoms. The molecule has 3 nitrogen and oxygen atoms in total. The summed E-state index contributed by atoms with van der Waals surface area (Å²) in [5.74, 6) is 2.77. The predicted molar refractivity (Wildman–Crippen MR) is 80.0 cm³/mol. The Kier molecular flexibility index (Phi) is 3.14. The van der Waals surface area contributed by atoms with Crippen molar-refractivity contribution in [3.63, 3.8) is 0 Å². The van der Waals surface area contributed by atoms with Crippen molar-refractivity contribution in [1.82, 2.24) is 5.32 Å². The summed E-state index contributed by atoms with van der Waals surface area (Å²) >= 11 is 0. The lowest BCUT2D eigenvalue weighted by Crippen LogP contribution is -2.17. The van der Waals surface area contributed by atoms with Crippen molar-refractivity contribution in [3.8, 4) is 0 Å². The number of benzene rings is 1. The van der Waals surface area contributed by atoms with Gasteiger partial charge in [0.2, 0.25) is 0 Å². The van der Waals surface area contributed by atoms with Crippen molar-refractivity contribution in [2.75, 3.05) is 7.05 Å². The minimum Gasteiger partial charge on any atom is -0.466 e. The van der Waals surface area contributed by atoms with Crippen LogP contribution in [0.25, 0.3) is 11.0 Å². The third kappa shape index (κ3) is 2.04. The molecule has 3 aromatic rings. The van der Waals surface area contributed by atoms with E-state index in [1.165, 1.54) is 0 Å². The van der Waals surface area contributed by atoms with Gasteiger partial charge in [0.1, 0.15) is 22.9 Å². The highest BCUT2D eigenvalue weighted by Gasteiger charge is 2.21. The smallest absolute Gasteiger partial charge is 0.137 e. The van der Waals surface area contributed by atoms with Crippen LogP contribution >= 0.6 is 0 Å². The number of fused-ring (bicyclic) bond motifs is 1. The Hall–Kier alpha value is -2.00. The molecule has 0 aliphatic rings. The molecule has 104 valence electrons. The quantitative estimate of drug-likeness (QED) is 0.772. The fourth-order valence-electron chi connectivity index (χ4n) is 2.76. The Labute approximate surface area is 118 Å². The second-order valence-electron chi connectivity index (χ2n) is 5.23. The number of aryl methyl sites for hydroxylation is 3. The van der Waals surface area contributed by atoms with Crippen LogP contribution in [0.5, 0.6) is 0 Å². The monoisotopic (exact) mass is 269 g/mol. The maximum absolute atomic E-state index is 6.07. The van der Waals surface area contributed by atoms with E-state index in [4.69, 9.17) is 8.83 Å². The summed E-state index contributed by atoms with van der Waals surface area (Å²) in [5.41, 5.74) is 3.24. The molecule has 20 heavy (non-hydrogen) atoms. The van der Waals surface area contributed by atoms with Crippen molar-refractivity contribution in [2.24, 2.45) is 0 Å². The van der Waals surface area contributed by atoms with Gasteiger partial charge in [-0.2, -0.15) is 0 Å². The standard InChI is InChI=1S/C17H19NO2/c1-10-6-5-7-13-9-15(20-17(10)13)16(18-4)14-8-11(2)19-12(14)3/h5-9,16,18H,1-4H3. The third-order valence-electron chi connectivity index (χ3n) is 3.72. The van der Waals surface area contributed by atoms with Crippen LogP contribution in [-0.2, 0) is 0 Å². The van der Waals surface area contributed by atoms with E-state index < -0.39 is 0 Å². The Morgan fingerprint density at radius 2 is 1.85 bits per heavy atom. The molecule has 0 aliphatic heterocycles. The van der Waals surface area contributed by atoms with Crippen LogP contribution in [0, 0.1) is 20.8 Å². The zero-order chi connectivity index (χ0) is 14.3. The maximum atomic E-state index is 6.07. The Morgan fingerprint density at radius 1 is 1.05 bits per heavy atom. The number of hydrogen-bond acceptors (Lipinski definition) is 3. The molecule has 0 amide bonds. The first-order valence-corrected chi connectivity index (χ1v) is 6.83. The van der Waals surface area contributed by atoms with Crippen LogP contribution in [0.1, 0.15) is 34.4 Å². The lowest BCUT2D eigenvalue weighted by atomic mass is 10.0. The van der Waals surface area contributed by atoms with Crippen LogP contribution in [0.2, 0.25) is 0 Å². The van der Waals surface area contributed by atoms with Gasteiger partial charge in [-0.25, -0.2) is 0 Å². The first-order chi connectivity index (χ1) is 9.60. The number of furan rings is 2. The van der Waals surface area contributed by atoms with E-state index in [2.05, 4.69) is 42.6 Å². The minimum atomic E-state index is 0.0132. The minimum absolute atomic E-state index is 0.0132. The largest absolute Gasteiger partial charge is 0.466 e. The first kappa shape index (κ1) is 13.0. The van der Waals surface area contributed by atoms with Gasteiger partial charge in [0.25, 0.3) is 0 Å². The van der Waals surface area contributed by atoms with E-state index in [9.17, 15) is 0 Å². The van der Waals surface area contributed by atoms with Gasteiger partial charge < -0.3 is 14.2 Å². The lowest BCUT2D eigenvalue weighted by molar-refractivity contribution is 0.470. The van der Waals surface area contributed by atoms with Crippen molar-refractivity contribution >= 4 is 11.0 Å². The molecular weight excluding hydrogens is 250 g/mol. The van der Waals surface area contributed by atoms with Crippen LogP contribution in [0.3, 0.4) is 0 Å². The SMILES string of the molecule is CNC(c1cc2cccc(C)c2o1)c1cc(C)oc1C. The second kappa shape index (κ2) is 4.84. The van der Waals surface area contributed by atoms with E-state index in [-0.39, 0.29) is 6.04 Å². The van der Waals surface area contributed by atoms with Crippen LogP contribution in [0.15, 0.2) is 39.2 Å². The number of hydrogen-bond donors (Lipinski definition) is 1. The topological polar surface area (TPSA) is 38.3 Å². The van der Waals surface area contributed by atoms with Gasteiger partial charge in [-0.15, -0.1) is 0 Å². The van der Waals surface area contributed by atoms with Crippen LogP contribution < -0.4 is 5.32 Å². The fraction of sp³-hybridized carbons (Fsp3) is 0.294. The van der Waals surface area contributed by atoms with Crippen molar-refractivity contribution < 1.29 is 8.83 Å². The van der Waals surface area contributed by atoms with Crippen LogP contribution in [0.4, 0.5) is 0 Å². The van der Waals surface area contributed by atoms with Crippen molar-refractivity contribution in [3.05, 3.63) is 58.7 Å². The highest BCUT2D eigenvalue weighted by Crippen LogP contribution is 2.32. The molecule has 0 aliphatic carbocycles. The maximum Gasteiger partial charge on any atom is 0.137 e. The molecule has 3 heteroatoms. The summed E-state index contributed by atoms with van der Waals surface area (Å²) in [6, 6.07) is 10.4. The molecule has 0 saturated carbocycles. The normalized spacial score (nSPS) is 13.0. The summed E-state index contributed by atoms with van der Waals surface area (Å²) in [6.07, 6.45) is 0. The first-order valence-electron chi connectivity index (χ1n) is 6.83. The number of rotatable bonds is 3. The van der Waals surface area contributed by atoms with E-state index in [0.717, 1.165) is 39.4 Å². The molecule has 0 spiro atoms. The van der Waals surface area contributed by atoms with E-state index in [1.54, 1.807) is 0 Å². The fourth-order valence-corrected chi connectivity index (χ4v) is 2.76. The van der Waals surface area contributed by atoms with Gasteiger partial charge in [0.05, 0.1) is 6.04 Å². The molecule has 1 N–H and O–H groups in total. The molecular formula is C17H19NO2. The second-order valence-corrected chi connectivity index (χ2v) is 5.23. The van der Waals surface area contributed by atoms with Crippen LogP contribution in [-0.4, -0.2) is 7.05 Å². The number of para-hydroxylation sites is 1.